The topological polar surface area (TPSA) is 49.8 Å². The Balaban J connectivity index is 3.35. The monoisotopic (exact) mass is 246 g/mol. The molecule has 0 spiro atoms. The summed E-state index contributed by atoms with van der Waals surface area (Å²) in [6.45, 7) is 0. The van der Waals surface area contributed by atoms with Gasteiger partial charge >= 0.3 is 0 Å². The summed E-state index contributed by atoms with van der Waals surface area (Å²) in [4.78, 5) is 0. The average Bonchev–Trinajstić information content (AvgIpc) is 2.12. The molecule has 0 amide bonds. The summed E-state index contributed by atoms with van der Waals surface area (Å²) in [6.07, 6.45) is 0. The molecule has 0 fully saturated rings. The molecule has 2 nitrogen and oxygen atoms in total. The van der Waals surface area contributed by atoms with Crippen molar-refractivity contribution in [3.63, 3.8) is 0 Å². The van der Waals surface area contributed by atoms with Crippen LogP contribution in [0.5, 0.6) is 0 Å². The second kappa shape index (κ2) is 3.81. The van der Waals surface area contributed by atoms with E-state index in [1.807, 2.05) is 0 Å². The van der Waals surface area contributed by atoms with Gasteiger partial charge in [-0.2, -0.15) is 5.26 Å². The van der Waals surface area contributed by atoms with E-state index in [-0.39, 0.29) is 4.47 Å². The molecule has 0 aliphatic carbocycles. The van der Waals surface area contributed by atoms with Gasteiger partial charge in [-0.1, -0.05) is 0 Å². The molecule has 0 saturated carbocycles. The molecule has 1 aromatic rings. The van der Waals surface area contributed by atoms with Crippen LogP contribution in [0.15, 0.2) is 16.6 Å². The minimum Gasteiger partial charge on any atom is -0.312 e. The van der Waals surface area contributed by atoms with Crippen LogP contribution in [0.4, 0.5) is 8.78 Å². The van der Waals surface area contributed by atoms with Gasteiger partial charge in [-0.05, 0) is 28.1 Å². The molecule has 1 rings (SSSR count). The zero-order chi connectivity index (χ0) is 10.0. The van der Waals surface area contributed by atoms with Crippen LogP contribution in [0.2, 0.25) is 0 Å². The number of rotatable bonds is 1. The number of hydrogen-bond acceptors (Lipinski definition) is 2. The Kier molecular flexibility index (Phi) is 2.96. The summed E-state index contributed by atoms with van der Waals surface area (Å²) >= 11 is 2.87. The van der Waals surface area contributed by atoms with Crippen LogP contribution in [-0.2, 0) is 0 Å². The highest BCUT2D eigenvalue weighted by molar-refractivity contribution is 9.10. The van der Waals surface area contributed by atoms with Gasteiger partial charge in [-0.15, -0.1) is 0 Å². The largest absolute Gasteiger partial charge is 0.312 e. The molecule has 0 heterocycles. The van der Waals surface area contributed by atoms with Crippen LogP contribution in [-0.4, -0.2) is 0 Å². The molecule has 5 heteroatoms. The standard InChI is InChI=1S/C8H5BrF2N2/c9-4-1-2-5(10)7(8(4)11)6(13)3-12/h1-2,6H,13H2/t6-/m0/s1. The molecular formula is C8H5BrF2N2. The van der Waals surface area contributed by atoms with Crippen molar-refractivity contribution in [2.75, 3.05) is 0 Å². The fourth-order valence-corrected chi connectivity index (χ4v) is 1.24. The number of nitrogens with two attached hydrogens (primary N) is 1. The average molecular weight is 247 g/mol. The quantitative estimate of drug-likeness (QED) is 0.773. The Labute approximate surface area is 82.1 Å². The molecule has 0 bridgehead atoms. The van der Waals surface area contributed by atoms with Crippen molar-refractivity contribution in [3.05, 3.63) is 33.8 Å². The Hall–Kier alpha value is -0.990. The van der Waals surface area contributed by atoms with Crippen LogP contribution in [0.1, 0.15) is 11.6 Å². The molecule has 0 aliphatic heterocycles. The minimum absolute atomic E-state index is 0.0922. The van der Waals surface area contributed by atoms with Crippen molar-refractivity contribution in [1.82, 2.24) is 0 Å². The fraction of sp³-hybridized carbons (Fsp3) is 0.125. The Morgan fingerprint density at radius 3 is 2.62 bits per heavy atom. The molecule has 0 unspecified atom stereocenters. The first kappa shape index (κ1) is 10.1. The highest BCUT2D eigenvalue weighted by atomic mass is 79.9. The predicted molar refractivity (Wildman–Crippen MR) is 46.6 cm³/mol. The maximum atomic E-state index is 13.2. The predicted octanol–water partition coefficient (Wildman–Crippen LogP) is 2.25. The zero-order valence-corrected chi connectivity index (χ0v) is 7.98. The second-order valence-corrected chi connectivity index (χ2v) is 3.22. The maximum absolute atomic E-state index is 13.2. The van der Waals surface area contributed by atoms with E-state index in [0.29, 0.717) is 0 Å². The van der Waals surface area contributed by atoms with Crippen molar-refractivity contribution < 1.29 is 8.78 Å². The lowest BCUT2D eigenvalue weighted by Crippen LogP contribution is -2.12. The highest BCUT2D eigenvalue weighted by Gasteiger charge is 2.18. The van der Waals surface area contributed by atoms with E-state index in [0.717, 1.165) is 6.07 Å². The summed E-state index contributed by atoms with van der Waals surface area (Å²) in [6, 6.07) is 2.56. The van der Waals surface area contributed by atoms with Gasteiger partial charge in [-0.3, -0.25) is 0 Å². The summed E-state index contributed by atoms with van der Waals surface area (Å²) in [5, 5.41) is 8.40. The van der Waals surface area contributed by atoms with Gasteiger partial charge < -0.3 is 5.73 Å². The van der Waals surface area contributed by atoms with E-state index in [9.17, 15) is 8.78 Å². The first-order chi connectivity index (χ1) is 6.07. The third kappa shape index (κ3) is 1.85. The molecule has 2 N–H and O–H groups in total. The van der Waals surface area contributed by atoms with Crippen molar-refractivity contribution in [3.8, 4) is 6.07 Å². The van der Waals surface area contributed by atoms with Crippen molar-refractivity contribution >= 4 is 15.9 Å². The van der Waals surface area contributed by atoms with Gasteiger partial charge in [0, 0.05) is 0 Å². The number of hydrogen-bond donors (Lipinski definition) is 1. The summed E-state index contributed by atoms with van der Waals surface area (Å²) in [7, 11) is 0. The molecular weight excluding hydrogens is 242 g/mol. The van der Waals surface area contributed by atoms with Gasteiger partial charge in [-0.25, -0.2) is 8.78 Å². The lowest BCUT2D eigenvalue weighted by molar-refractivity contribution is 0.544. The summed E-state index contributed by atoms with van der Waals surface area (Å²) in [5.41, 5.74) is 4.80. The minimum atomic E-state index is -1.28. The SMILES string of the molecule is N#C[C@H](N)c1c(F)ccc(Br)c1F. The zero-order valence-electron chi connectivity index (χ0n) is 6.39. The molecule has 0 aliphatic rings. The van der Waals surface area contributed by atoms with Crippen LogP contribution >= 0.6 is 15.9 Å². The van der Waals surface area contributed by atoms with Gasteiger partial charge in [0.15, 0.2) is 0 Å². The van der Waals surface area contributed by atoms with Crippen molar-refractivity contribution in [2.24, 2.45) is 5.73 Å². The summed E-state index contributed by atoms with van der Waals surface area (Å²) < 4.78 is 26.3. The van der Waals surface area contributed by atoms with Crippen LogP contribution in [0.25, 0.3) is 0 Å². The van der Waals surface area contributed by atoms with E-state index < -0.39 is 23.2 Å². The Bertz CT molecular complexity index is 373. The van der Waals surface area contributed by atoms with E-state index in [1.54, 1.807) is 6.07 Å². The first-order valence-corrected chi connectivity index (χ1v) is 4.15. The van der Waals surface area contributed by atoms with Crippen LogP contribution < -0.4 is 5.73 Å². The van der Waals surface area contributed by atoms with Crippen molar-refractivity contribution in [1.29, 1.82) is 5.26 Å². The third-order valence-corrected chi connectivity index (χ3v) is 2.14. The van der Waals surface area contributed by atoms with E-state index >= 15 is 0 Å². The van der Waals surface area contributed by atoms with Gasteiger partial charge in [0.25, 0.3) is 0 Å². The van der Waals surface area contributed by atoms with Gasteiger partial charge in [0.1, 0.15) is 17.7 Å². The maximum Gasteiger partial charge on any atom is 0.146 e. The lowest BCUT2D eigenvalue weighted by Gasteiger charge is -2.07. The lowest BCUT2D eigenvalue weighted by atomic mass is 10.1. The summed E-state index contributed by atoms with van der Waals surface area (Å²) in [5.74, 6) is -1.64. The smallest absolute Gasteiger partial charge is 0.146 e. The van der Waals surface area contributed by atoms with E-state index in [2.05, 4.69) is 15.9 Å². The molecule has 13 heavy (non-hydrogen) atoms. The van der Waals surface area contributed by atoms with Gasteiger partial charge in [0.2, 0.25) is 0 Å². The molecule has 0 aromatic heterocycles. The molecule has 1 atom stereocenters. The Morgan fingerprint density at radius 2 is 2.08 bits per heavy atom. The van der Waals surface area contributed by atoms with Crippen molar-refractivity contribution in [2.45, 2.75) is 6.04 Å². The number of nitriles is 1. The molecule has 1 aromatic carbocycles. The highest BCUT2D eigenvalue weighted by Crippen LogP contribution is 2.25. The molecule has 0 saturated heterocycles. The van der Waals surface area contributed by atoms with E-state index in [4.69, 9.17) is 11.0 Å². The van der Waals surface area contributed by atoms with Gasteiger partial charge in [0.05, 0.1) is 16.1 Å². The number of benzene rings is 1. The molecule has 0 radical (unpaired) electrons. The fourth-order valence-electron chi connectivity index (χ4n) is 0.892. The molecule has 68 valence electrons. The first-order valence-electron chi connectivity index (χ1n) is 3.36. The number of nitrogens with zero attached hydrogens (tertiary/aromatic N) is 1. The Morgan fingerprint density at radius 1 is 1.46 bits per heavy atom. The number of halogens is 3. The van der Waals surface area contributed by atoms with E-state index in [1.165, 1.54) is 6.07 Å². The van der Waals surface area contributed by atoms with Crippen LogP contribution in [0.3, 0.4) is 0 Å². The normalized spacial score (nSPS) is 12.2. The second-order valence-electron chi connectivity index (χ2n) is 2.36. The third-order valence-electron chi connectivity index (χ3n) is 1.53. The van der Waals surface area contributed by atoms with Crippen LogP contribution in [0, 0.1) is 23.0 Å².